The van der Waals surface area contributed by atoms with Gasteiger partial charge in [-0.1, -0.05) is 13.8 Å². The van der Waals surface area contributed by atoms with E-state index in [9.17, 15) is 14.4 Å². The molecule has 0 unspecified atom stereocenters. The number of rotatable bonds is 8. The van der Waals surface area contributed by atoms with Crippen molar-refractivity contribution in [3.63, 3.8) is 0 Å². The fraction of sp³-hybridized carbons (Fsp3) is 0.421. The van der Waals surface area contributed by atoms with Crippen molar-refractivity contribution >= 4 is 50.9 Å². The summed E-state index contributed by atoms with van der Waals surface area (Å²) in [5.41, 5.74) is 0.656. The summed E-state index contributed by atoms with van der Waals surface area (Å²) in [6.07, 6.45) is 1.58. The van der Waals surface area contributed by atoms with Crippen molar-refractivity contribution in [2.75, 3.05) is 26.9 Å². The van der Waals surface area contributed by atoms with Gasteiger partial charge in [0.15, 0.2) is 11.5 Å². The first-order valence-corrected chi connectivity index (χ1v) is 10.3. The number of halogens is 1. The van der Waals surface area contributed by atoms with Gasteiger partial charge in [0, 0.05) is 0 Å². The van der Waals surface area contributed by atoms with E-state index in [0.717, 1.165) is 16.7 Å². The van der Waals surface area contributed by atoms with Crippen LogP contribution in [0.3, 0.4) is 0 Å². The van der Waals surface area contributed by atoms with Crippen molar-refractivity contribution in [3.05, 3.63) is 27.1 Å². The summed E-state index contributed by atoms with van der Waals surface area (Å²) >= 11 is 4.19. The van der Waals surface area contributed by atoms with Gasteiger partial charge in [0.2, 0.25) is 0 Å². The lowest BCUT2D eigenvalue weighted by molar-refractivity contribution is -0.147. The predicted molar refractivity (Wildman–Crippen MR) is 110 cm³/mol. The minimum Gasteiger partial charge on any atom is -0.492 e. The summed E-state index contributed by atoms with van der Waals surface area (Å²) in [6.45, 7) is 5.94. The second kappa shape index (κ2) is 9.97. The van der Waals surface area contributed by atoms with Gasteiger partial charge in [-0.3, -0.25) is 19.3 Å². The van der Waals surface area contributed by atoms with Crippen LogP contribution in [0.1, 0.15) is 26.3 Å². The number of carbonyl (C=O) groups excluding carboxylic acids is 3. The van der Waals surface area contributed by atoms with E-state index < -0.39 is 23.7 Å². The Hall–Kier alpha value is -2.00. The minimum absolute atomic E-state index is 0.173. The first-order chi connectivity index (χ1) is 13.3. The Morgan fingerprint density at radius 1 is 1.32 bits per heavy atom. The molecule has 0 aromatic heterocycles. The molecule has 1 saturated heterocycles. The van der Waals surface area contributed by atoms with E-state index in [0.29, 0.717) is 28.1 Å². The average molecular weight is 472 g/mol. The van der Waals surface area contributed by atoms with Crippen LogP contribution in [0.2, 0.25) is 0 Å². The lowest BCUT2D eigenvalue weighted by Gasteiger charge is -2.13. The molecular formula is C19H22BrNO6S. The third-order valence-electron chi connectivity index (χ3n) is 3.57. The van der Waals surface area contributed by atoms with Gasteiger partial charge in [-0.15, -0.1) is 0 Å². The number of thioether (sulfide) groups is 1. The summed E-state index contributed by atoms with van der Waals surface area (Å²) in [7, 11) is 1.53. The zero-order valence-corrected chi connectivity index (χ0v) is 18.5. The monoisotopic (exact) mass is 471 g/mol. The normalized spacial score (nSPS) is 15.5. The molecule has 7 nitrogen and oxygen atoms in total. The number of benzene rings is 1. The number of esters is 1. The molecule has 0 aliphatic carbocycles. The minimum atomic E-state index is -0.608. The molecule has 1 aliphatic heterocycles. The molecule has 0 radical (unpaired) electrons. The van der Waals surface area contributed by atoms with Gasteiger partial charge in [0.1, 0.15) is 6.54 Å². The third kappa shape index (κ3) is 5.51. The highest BCUT2D eigenvalue weighted by molar-refractivity contribution is 9.10. The fourth-order valence-corrected chi connectivity index (χ4v) is 3.81. The lowest BCUT2D eigenvalue weighted by Crippen LogP contribution is -2.34. The van der Waals surface area contributed by atoms with E-state index in [1.54, 1.807) is 18.2 Å². The first kappa shape index (κ1) is 22.3. The summed E-state index contributed by atoms with van der Waals surface area (Å²) in [6, 6.07) is 3.48. The number of hydrogen-bond donors (Lipinski definition) is 0. The maximum Gasteiger partial charge on any atom is 0.326 e. The van der Waals surface area contributed by atoms with E-state index in [1.165, 1.54) is 7.11 Å². The summed E-state index contributed by atoms with van der Waals surface area (Å²) < 4.78 is 16.6. The highest BCUT2D eigenvalue weighted by Crippen LogP contribution is 2.39. The molecule has 1 fully saturated rings. The van der Waals surface area contributed by atoms with Crippen molar-refractivity contribution in [3.8, 4) is 11.5 Å². The Morgan fingerprint density at radius 3 is 2.64 bits per heavy atom. The zero-order chi connectivity index (χ0) is 20.8. The molecule has 1 aromatic carbocycles. The molecule has 1 aliphatic rings. The largest absolute Gasteiger partial charge is 0.492 e. The molecule has 0 saturated carbocycles. The Balaban J connectivity index is 2.20. The van der Waals surface area contributed by atoms with Crippen molar-refractivity contribution in [1.82, 2.24) is 4.90 Å². The number of hydrogen-bond acceptors (Lipinski definition) is 7. The Kier molecular flexibility index (Phi) is 7.94. The molecule has 2 rings (SSSR count). The number of nitrogens with zero attached hydrogens (tertiary/aromatic N) is 1. The fourth-order valence-electron chi connectivity index (χ4n) is 2.35. The van der Waals surface area contributed by atoms with E-state index in [2.05, 4.69) is 15.9 Å². The van der Waals surface area contributed by atoms with Crippen LogP contribution < -0.4 is 9.47 Å². The number of amides is 2. The van der Waals surface area contributed by atoms with Gasteiger partial charge in [-0.2, -0.15) is 0 Å². The quantitative estimate of drug-likeness (QED) is 0.416. The van der Waals surface area contributed by atoms with Gasteiger partial charge in [-0.25, -0.2) is 0 Å². The van der Waals surface area contributed by atoms with E-state index in [-0.39, 0.29) is 17.4 Å². The highest BCUT2D eigenvalue weighted by Gasteiger charge is 2.36. The number of carbonyl (C=O) groups is 3. The van der Waals surface area contributed by atoms with Crippen LogP contribution in [0.25, 0.3) is 6.08 Å². The Bertz CT molecular complexity index is 808. The predicted octanol–water partition coefficient (Wildman–Crippen LogP) is 4.09. The third-order valence-corrected chi connectivity index (χ3v) is 5.07. The number of methoxy groups -OCH3 is 1. The second-order valence-corrected chi connectivity index (χ2v) is 8.16. The van der Waals surface area contributed by atoms with Crippen LogP contribution in [-0.4, -0.2) is 48.9 Å². The molecule has 2 amide bonds. The maximum absolute atomic E-state index is 12.6. The molecule has 0 N–H and O–H groups in total. The smallest absolute Gasteiger partial charge is 0.326 e. The summed E-state index contributed by atoms with van der Waals surface area (Å²) in [4.78, 5) is 37.7. The van der Waals surface area contributed by atoms with Gasteiger partial charge >= 0.3 is 5.97 Å². The summed E-state index contributed by atoms with van der Waals surface area (Å²) in [5, 5.41) is -0.504. The lowest BCUT2D eigenvalue weighted by atomic mass is 10.2. The molecule has 152 valence electrons. The highest BCUT2D eigenvalue weighted by atomic mass is 79.9. The van der Waals surface area contributed by atoms with Crippen molar-refractivity contribution in [2.24, 2.45) is 5.92 Å². The van der Waals surface area contributed by atoms with Crippen LogP contribution in [0.5, 0.6) is 11.5 Å². The van der Waals surface area contributed by atoms with Crippen LogP contribution in [0, 0.1) is 5.92 Å². The maximum atomic E-state index is 12.6. The van der Waals surface area contributed by atoms with Gasteiger partial charge in [0.25, 0.3) is 11.1 Å². The molecule has 0 spiro atoms. The van der Waals surface area contributed by atoms with E-state index in [1.807, 2.05) is 20.8 Å². The topological polar surface area (TPSA) is 82.1 Å². The van der Waals surface area contributed by atoms with Gasteiger partial charge < -0.3 is 14.2 Å². The number of ether oxygens (including phenoxy) is 3. The molecule has 1 aromatic rings. The second-order valence-electron chi connectivity index (χ2n) is 6.31. The van der Waals surface area contributed by atoms with Crippen LogP contribution in [-0.2, 0) is 14.3 Å². The van der Waals surface area contributed by atoms with Crippen molar-refractivity contribution in [1.29, 1.82) is 0 Å². The zero-order valence-electron chi connectivity index (χ0n) is 16.1. The van der Waals surface area contributed by atoms with Gasteiger partial charge in [0.05, 0.1) is 29.7 Å². The Labute approximate surface area is 176 Å². The van der Waals surface area contributed by atoms with Crippen LogP contribution in [0.15, 0.2) is 21.5 Å². The molecule has 9 heteroatoms. The molecule has 0 bridgehead atoms. The van der Waals surface area contributed by atoms with Crippen LogP contribution >= 0.6 is 27.7 Å². The molecular weight excluding hydrogens is 450 g/mol. The van der Waals surface area contributed by atoms with Gasteiger partial charge in [-0.05, 0) is 64.3 Å². The number of imide groups is 1. The van der Waals surface area contributed by atoms with Crippen molar-refractivity contribution in [2.45, 2.75) is 20.8 Å². The first-order valence-electron chi connectivity index (χ1n) is 8.68. The average Bonchev–Trinajstić information content (AvgIpc) is 2.87. The summed E-state index contributed by atoms with van der Waals surface area (Å²) in [5.74, 6) is 0.0957. The van der Waals surface area contributed by atoms with Crippen LogP contribution in [0.4, 0.5) is 4.79 Å². The molecule has 28 heavy (non-hydrogen) atoms. The van der Waals surface area contributed by atoms with E-state index in [4.69, 9.17) is 14.2 Å². The Morgan fingerprint density at radius 2 is 2.04 bits per heavy atom. The van der Waals surface area contributed by atoms with Crippen molar-refractivity contribution < 1.29 is 28.6 Å². The van der Waals surface area contributed by atoms with E-state index >= 15 is 0 Å². The SMILES string of the molecule is CCOc1cc(/C=C2/SC(=O)N(CC(=O)OCC(C)C)C2=O)cc(Br)c1OC. The molecule has 1 heterocycles. The standard InChI is InChI=1S/C19H22BrNO6S/c1-5-26-14-7-12(6-13(20)17(14)25-4)8-15-18(23)21(19(24)28-15)9-16(22)27-10-11(2)3/h6-8,11H,5,9-10H2,1-4H3/b15-8+. The molecule has 0 atom stereocenters.